The Bertz CT molecular complexity index is 798. The van der Waals surface area contributed by atoms with Crippen LogP contribution in [0.15, 0.2) is 30.3 Å². The molecule has 0 spiro atoms. The number of benzene rings is 1. The van der Waals surface area contributed by atoms with Gasteiger partial charge >= 0.3 is 0 Å². The zero-order chi connectivity index (χ0) is 18.7. The van der Waals surface area contributed by atoms with Crippen molar-refractivity contribution in [1.82, 2.24) is 9.47 Å². The van der Waals surface area contributed by atoms with E-state index in [0.717, 1.165) is 17.9 Å². The number of carbonyl (C=O) groups is 2. The van der Waals surface area contributed by atoms with Crippen molar-refractivity contribution >= 4 is 11.7 Å². The van der Waals surface area contributed by atoms with Crippen molar-refractivity contribution in [3.05, 3.63) is 58.7 Å². The summed E-state index contributed by atoms with van der Waals surface area (Å²) in [6.07, 6.45) is 0. The molecule has 1 heterocycles. The van der Waals surface area contributed by atoms with Gasteiger partial charge in [0.1, 0.15) is 11.9 Å². The van der Waals surface area contributed by atoms with Gasteiger partial charge in [-0.25, -0.2) is 4.39 Å². The van der Waals surface area contributed by atoms with Crippen LogP contribution in [0.3, 0.4) is 0 Å². The minimum absolute atomic E-state index is 0.0120. The molecule has 1 aromatic heterocycles. The lowest BCUT2D eigenvalue weighted by Gasteiger charge is -2.25. The first-order valence-corrected chi connectivity index (χ1v) is 8.21. The van der Waals surface area contributed by atoms with Crippen molar-refractivity contribution in [2.45, 2.75) is 33.4 Å². The van der Waals surface area contributed by atoms with Crippen LogP contribution in [0.25, 0.3) is 0 Å². The van der Waals surface area contributed by atoms with Gasteiger partial charge in [0.2, 0.25) is 5.91 Å². The number of hydrogen-bond donors (Lipinski definition) is 1. The average Bonchev–Trinajstić information content (AvgIpc) is 2.81. The number of nitrogens with zero attached hydrogens (tertiary/aromatic N) is 2. The van der Waals surface area contributed by atoms with Crippen LogP contribution >= 0.6 is 0 Å². The Kier molecular flexibility index (Phi) is 5.74. The number of primary amides is 1. The minimum atomic E-state index is -0.866. The van der Waals surface area contributed by atoms with Crippen LogP contribution in [0.5, 0.6) is 0 Å². The number of rotatable bonds is 7. The lowest BCUT2D eigenvalue weighted by molar-refractivity contribution is -0.122. The van der Waals surface area contributed by atoms with E-state index in [-0.39, 0.29) is 12.3 Å². The summed E-state index contributed by atoms with van der Waals surface area (Å²) in [5.41, 5.74) is 8.48. The highest BCUT2D eigenvalue weighted by atomic mass is 19.1. The van der Waals surface area contributed by atoms with Gasteiger partial charge in [-0.2, -0.15) is 0 Å². The molecule has 0 radical (unpaired) electrons. The fourth-order valence-electron chi connectivity index (χ4n) is 3.29. The molecule has 1 unspecified atom stereocenters. The fraction of sp³-hybridized carbons (Fsp3) is 0.368. The summed E-state index contributed by atoms with van der Waals surface area (Å²) >= 11 is 0. The van der Waals surface area contributed by atoms with E-state index in [1.54, 1.807) is 18.0 Å². The predicted molar refractivity (Wildman–Crippen MR) is 94.9 cm³/mol. The Balaban J connectivity index is 2.25. The molecule has 1 amide bonds. The maximum atomic E-state index is 13.5. The minimum Gasteiger partial charge on any atom is -0.368 e. The second-order valence-electron chi connectivity index (χ2n) is 6.23. The Hall–Kier alpha value is -2.47. The van der Waals surface area contributed by atoms with E-state index in [2.05, 4.69) is 4.57 Å². The summed E-state index contributed by atoms with van der Waals surface area (Å²) < 4.78 is 15.5. The molecule has 0 fully saturated rings. The summed E-state index contributed by atoms with van der Waals surface area (Å²) in [4.78, 5) is 26.1. The van der Waals surface area contributed by atoms with Crippen molar-refractivity contribution in [3.8, 4) is 0 Å². The third kappa shape index (κ3) is 3.96. The summed E-state index contributed by atoms with van der Waals surface area (Å²) in [7, 11) is 1.64. The molecule has 1 aromatic carbocycles. The molecule has 1 atom stereocenters. The molecule has 134 valence electrons. The normalized spacial score (nSPS) is 12.4. The Morgan fingerprint density at radius 2 is 1.96 bits per heavy atom. The highest BCUT2D eigenvalue weighted by molar-refractivity contribution is 5.99. The van der Waals surface area contributed by atoms with Gasteiger partial charge in [-0.1, -0.05) is 12.1 Å². The number of halogens is 1. The molecule has 0 aliphatic rings. The molecule has 0 saturated heterocycles. The first kappa shape index (κ1) is 18.9. The second kappa shape index (κ2) is 7.61. The molecule has 0 saturated carbocycles. The quantitative estimate of drug-likeness (QED) is 0.784. The molecule has 5 nitrogen and oxygen atoms in total. The van der Waals surface area contributed by atoms with Gasteiger partial charge in [-0.05, 0) is 51.6 Å². The molecular formula is C19H24FN3O2. The first-order chi connectivity index (χ1) is 11.8. The number of ketones is 1. The van der Waals surface area contributed by atoms with Crippen LogP contribution in [0.1, 0.15) is 40.3 Å². The molecule has 0 bridgehead atoms. The fourth-order valence-corrected chi connectivity index (χ4v) is 3.29. The second-order valence-corrected chi connectivity index (χ2v) is 6.23. The zero-order valence-electron chi connectivity index (χ0n) is 15.0. The smallest absolute Gasteiger partial charge is 0.239 e. The molecular weight excluding hydrogens is 321 g/mol. The molecule has 0 aliphatic carbocycles. The van der Waals surface area contributed by atoms with Crippen molar-refractivity contribution < 1.29 is 14.0 Å². The van der Waals surface area contributed by atoms with Crippen LogP contribution in [-0.2, 0) is 11.3 Å². The topological polar surface area (TPSA) is 68.3 Å². The number of Topliss-reactive ketones (excluding diaryl/α,β-unsaturated/α-hetero) is 1. The number of likely N-dealkylation sites (N-methyl/N-ethyl adjacent to an activating group) is 1. The first-order valence-electron chi connectivity index (χ1n) is 8.21. The van der Waals surface area contributed by atoms with Crippen molar-refractivity contribution in [1.29, 1.82) is 0 Å². The number of aromatic nitrogens is 1. The van der Waals surface area contributed by atoms with Gasteiger partial charge in [-0.15, -0.1) is 0 Å². The average molecular weight is 345 g/mol. The summed E-state index contributed by atoms with van der Waals surface area (Å²) in [5, 5.41) is 0. The van der Waals surface area contributed by atoms with Gasteiger partial charge in [0.05, 0.1) is 6.54 Å². The highest BCUT2D eigenvalue weighted by Gasteiger charge is 2.26. The summed E-state index contributed by atoms with van der Waals surface area (Å²) in [5.74, 6) is -1.17. The standard InChI is InChI=1S/C19H24FN3O2/c1-5-23-12(2)9-16(13(23)3)17(24)11-22(4)18(19(21)25)14-7-6-8-15(20)10-14/h6-10,18H,5,11H2,1-4H3,(H2,21,25). The van der Waals surface area contributed by atoms with Gasteiger partial charge in [-0.3, -0.25) is 14.5 Å². The van der Waals surface area contributed by atoms with Crippen LogP contribution in [0.4, 0.5) is 4.39 Å². The Labute approximate surface area is 147 Å². The molecule has 0 aliphatic heterocycles. The SMILES string of the molecule is CCn1c(C)cc(C(=O)CN(C)C(C(N)=O)c2cccc(F)c2)c1C. The number of carbonyl (C=O) groups excluding carboxylic acids is 2. The largest absolute Gasteiger partial charge is 0.368 e. The number of hydrogen-bond acceptors (Lipinski definition) is 3. The van der Waals surface area contributed by atoms with Crippen molar-refractivity contribution in [3.63, 3.8) is 0 Å². The van der Waals surface area contributed by atoms with E-state index in [0.29, 0.717) is 11.1 Å². The molecule has 2 rings (SSSR count). The van der Waals surface area contributed by atoms with Gasteiger partial charge < -0.3 is 10.3 Å². The van der Waals surface area contributed by atoms with E-state index in [1.807, 2.05) is 26.8 Å². The van der Waals surface area contributed by atoms with Crippen LogP contribution in [0, 0.1) is 19.7 Å². The lowest BCUT2D eigenvalue weighted by Crippen LogP contribution is -2.38. The zero-order valence-corrected chi connectivity index (χ0v) is 15.0. The molecule has 6 heteroatoms. The van der Waals surface area contributed by atoms with E-state index < -0.39 is 17.8 Å². The van der Waals surface area contributed by atoms with E-state index >= 15 is 0 Å². The highest BCUT2D eigenvalue weighted by Crippen LogP contribution is 2.22. The van der Waals surface area contributed by atoms with Gasteiger partial charge in [0, 0.05) is 23.5 Å². The maximum absolute atomic E-state index is 13.5. The van der Waals surface area contributed by atoms with Crippen LogP contribution in [0.2, 0.25) is 0 Å². The Morgan fingerprint density at radius 3 is 2.48 bits per heavy atom. The lowest BCUT2D eigenvalue weighted by atomic mass is 10.0. The van der Waals surface area contributed by atoms with Gasteiger partial charge in [0.25, 0.3) is 0 Å². The van der Waals surface area contributed by atoms with E-state index in [4.69, 9.17) is 5.73 Å². The predicted octanol–water partition coefficient (Wildman–Crippen LogP) is 2.61. The maximum Gasteiger partial charge on any atom is 0.239 e. The van der Waals surface area contributed by atoms with Crippen LogP contribution < -0.4 is 5.73 Å². The Morgan fingerprint density at radius 1 is 1.28 bits per heavy atom. The third-order valence-corrected chi connectivity index (χ3v) is 4.46. The van der Waals surface area contributed by atoms with Gasteiger partial charge in [0.15, 0.2) is 5.78 Å². The van der Waals surface area contributed by atoms with E-state index in [1.165, 1.54) is 18.2 Å². The number of amides is 1. The third-order valence-electron chi connectivity index (χ3n) is 4.46. The molecule has 25 heavy (non-hydrogen) atoms. The van der Waals surface area contributed by atoms with Crippen LogP contribution in [-0.4, -0.2) is 34.7 Å². The van der Waals surface area contributed by atoms with E-state index in [9.17, 15) is 14.0 Å². The number of nitrogens with two attached hydrogens (primary N) is 1. The monoisotopic (exact) mass is 345 g/mol. The van der Waals surface area contributed by atoms with Crippen molar-refractivity contribution in [2.75, 3.05) is 13.6 Å². The van der Waals surface area contributed by atoms with Crippen molar-refractivity contribution in [2.24, 2.45) is 5.73 Å². The molecule has 2 aromatic rings. The summed E-state index contributed by atoms with van der Waals surface area (Å²) in [6.45, 7) is 6.68. The molecule has 2 N–H and O–H groups in total. The number of aryl methyl sites for hydroxylation is 1. The summed E-state index contributed by atoms with van der Waals surface area (Å²) in [6, 6.07) is 6.70.